The van der Waals surface area contributed by atoms with Crippen LogP contribution in [-0.2, 0) is 9.53 Å². The predicted octanol–water partition coefficient (Wildman–Crippen LogP) is 0.455. The van der Waals surface area contributed by atoms with Gasteiger partial charge in [0.1, 0.15) is 6.04 Å². The quantitative estimate of drug-likeness (QED) is 0.676. The third kappa shape index (κ3) is 2.90. The fourth-order valence-electron chi connectivity index (χ4n) is 1.30. The zero-order chi connectivity index (χ0) is 11.3. The number of ether oxygens (including phenoxy) is 1. The molecule has 0 aromatic rings. The molecule has 0 bridgehead atoms. The molecule has 0 saturated carbocycles. The number of hydrogen-bond acceptors (Lipinski definition) is 3. The van der Waals surface area contributed by atoms with Crippen molar-refractivity contribution in [1.82, 2.24) is 10.2 Å². The summed E-state index contributed by atoms with van der Waals surface area (Å²) < 4.78 is 4.63. The second kappa shape index (κ2) is 5.47. The molecule has 5 nitrogen and oxygen atoms in total. The maximum absolute atomic E-state index is 11.4. The number of methoxy groups -OCH3 is 1. The van der Waals surface area contributed by atoms with E-state index in [0.717, 1.165) is 0 Å². The number of esters is 1. The molecule has 0 aromatic heterocycles. The van der Waals surface area contributed by atoms with E-state index in [9.17, 15) is 9.59 Å². The van der Waals surface area contributed by atoms with Gasteiger partial charge in [-0.1, -0.05) is 13.8 Å². The summed E-state index contributed by atoms with van der Waals surface area (Å²) in [5.41, 5.74) is 0. The number of nitrogens with one attached hydrogen (secondary N) is 1. The molecule has 0 aliphatic heterocycles. The van der Waals surface area contributed by atoms with Gasteiger partial charge in [0, 0.05) is 14.1 Å². The van der Waals surface area contributed by atoms with Gasteiger partial charge >= 0.3 is 12.0 Å². The van der Waals surface area contributed by atoms with Gasteiger partial charge in [0.05, 0.1) is 7.11 Å². The molecular formula is C9H18N2O3. The van der Waals surface area contributed by atoms with E-state index in [2.05, 4.69) is 10.1 Å². The van der Waals surface area contributed by atoms with Gasteiger partial charge in [-0.3, -0.25) is 0 Å². The van der Waals surface area contributed by atoms with Crippen molar-refractivity contribution >= 4 is 12.0 Å². The van der Waals surface area contributed by atoms with E-state index < -0.39 is 12.0 Å². The van der Waals surface area contributed by atoms with Gasteiger partial charge in [-0.15, -0.1) is 0 Å². The maximum Gasteiger partial charge on any atom is 0.328 e. The van der Waals surface area contributed by atoms with Crippen molar-refractivity contribution in [3.63, 3.8) is 0 Å². The molecular weight excluding hydrogens is 184 g/mol. The first-order valence-electron chi connectivity index (χ1n) is 4.48. The summed E-state index contributed by atoms with van der Waals surface area (Å²) in [4.78, 5) is 24.0. The molecule has 5 heteroatoms. The van der Waals surface area contributed by atoms with Crippen LogP contribution < -0.4 is 5.32 Å². The largest absolute Gasteiger partial charge is 0.467 e. The molecule has 0 spiro atoms. The summed E-state index contributed by atoms with van der Waals surface area (Å²) in [5, 5.41) is 2.46. The van der Waals surface area contributed by atoms with E-state index in [1.807, 2.05) is 13.8 Å². The Morgan fingerprint density at radius 1 is 1.36 bits per heavy atom. The Hall–Kier alpha value is -1.26. The van der Waals surface area contributed by atoms with Gasteiger partial charge in [0.25, 0.3) is 0 Å². The van der Waals surface area contributed by atoms with Gasteiger partial charge in [-0.25, -0.2) is 9.59 Å². The zero-order valence-corrected chi connectivity index (χ0v) is 9.33. The predicted molar refractivity (Wildman–Crippen MR) is 52.9 cm³/mol. The lowest BCUT2D eigenvalue weighted by Crippen LogP contribution is -2.49. The van der Waals surface area contributed by atoms with Crippen LogP contribution in [0.1, 0.15) is 13.8 Å². The highest BCUT2D eigenvalue weighted by Gasteiger charge is 2.29. The minimum Gasteiger partial charge on any atom is -0.467 e. The number of carbonyl (C=O) groups is 2. The molecule has 0 aromatic carbocycles. The van der Waals surface area contributed by atoms with E-state index in [1.54, 1.807) is 7.05 Å². The molecule has 14 heavy (non-hydrogen) atoms. The van der Waals surface area contributed by atoms with Gasteiger partial charge in [0.2, 0.25) is 0 Å². The van der Waals surface area contributed by atoms with E-state index in [-0.39, 0.29) is 11.9 Å². The Morgan fingerprint density at radius 3 is 2.14 bits per heavy atom. The molecule has 2 amide bonds. The Kier molecular flexibility index (Phi) is 4.97. The highest BCUT2D eigenvalue weighted by Crippen LogP contribution is 2.10. The van der Waals surface area contributed by atoms with Gasteiger partial charge in [0.15, 0.2) is 0 Å². The molecule has 0 aliphatic carbocycles. The minimum atomic E-state index is -0.542. The monoisotopic (exact) mass is 202 g/mol. The second-order valence-electron chi connectivity index (χ2n) is 3.38. The van der Waals surface area contributed by atoms with E-state index in [0.29, 0.717) is 0 Å². The summed E-state index contributed by atoms with van der Waals surface area (Å²) in [5.74, 6) is -0.379. The fraction of sp³-hybridized carbons (Fsp3) is 0.778. The van der Waals surface area contributed by atoms with Crippen molar-refractivity contribution < 1.29 is 14.3 Å². The maximum atomic E-state index is 11.4. The van der Waals surface area contributed by atoms with Crippen molar-refractivity contribution in [2.45, 2.75) is 19.9 Å². The van der Waals surface area contributed by atoms with Crippen molar-refractivity contribution in [2.24, 2.45) is 5.92 Å². The lowest BCUT2D eigenvalue weighted by molar-refractivity contribution is -0.147. The standard InChI is InChI=1S/C9H18N2O3/c1-6(2)7(8(12)14-5)11(4)9(13)10-3/h6-7H,1-5H3,(H,10,13)/t7-/m0/s1. The average molecular weight is 202 g/mol. The first kappa shape index (κ1) is 12.7. The van der Waals surface area contributed by atoms with Crippen LogP contribution in [0.3, 0.4) is 0 Å². The Morgan fingerprint density at radius 2 is 1.86 bits per heavy atom. The third-order valence-electron chi connectivity index (χ3n) is 2.03. The van der Waals surface area contributed by atoms with Crippen molar-refractivity contribution in [3.05, 3.63) is 0 Å². The highest BCUT2D eigenvalue weighted by molar-refractivity contribution is 5.83. The summed E-state index contributed by atoms with van der Waals surface area (Å²) in [6.07, 6.45) is 0. The van der Waals surface area contributed by atoms with E-state index >= 15 is 0 Å². The van der Waals surface area contributed by atoms with Crippen LogP contribution in [0.25, 0.3) is 0 Å². The minimum absolute atomic E-state index is 0.0183. The number of hydrogen-bond donors (Lipinski definition) is 1. The molecule has 0 aliphatic rings. The number of likely N-dealkylation sites (N-methyl/N-ethyl adjacent to an activating group) is 1. The average Bonchev–Trinajstić information content (AvgIpc) is 2.15. The van der Waals surface area contributed by atoms with Gasteiger partial charge in [-0.2, -0.15) is 0 Å². The van der Waals surface area contributed by atoms with Crippen LogP contribution in [0.4, 0.5) is 4.79 Å². The van der Waals surface area contributed by atoms with Gasteiger partial charge in [-0.05, 0) is 5.92 Å². The number of nitrogens with zero attached hydrogens (tertiary/aromatic N) is 1. The van der Waals surface area contributed by atoms with Crippen LogP contribution in [0.5, 0.6) is 0 Å². The molecule has 0 unspecified atom stereocenters. The summed E-state index contributed by atoms with van der Waals surface area (Å²) >= 11 is 0. The normalized spacial score (nSPS) is 12.1. The number of carbonyl (C=O) groups excluding carboxylic acids is 2. The SMILES string of the molecule is CNC(=O)N(C)[C@H](C(=O)OC)C(C)C. The highest BCUT2D eigenvalue weighted by atomic mass is 16.5. The molecule has 0 rings (SSSR count). The van der Waals surface area contributed by atoms with Crippen LogP contribution in [0.15, 0.2) is 0 Å². The second-order valence-corrected chi connectivity index (χ2v) is 3.38. The molecule has 1 N–H and O–H groups in total. The first-order chi connectivity index (χ1) is 6.45. The zero-order valence-electron chi connectivity index (χ0n) is 9.33. The summed E-state index contributed by atoms with van der Waals surface area (Å²) in [6.45, 7) is 3.72. The molecule has 0 radical (unpaired) electrons. The smallest absolute Gasteiger partial charge is 0.328 e. The van der Waals surface area contributed by atoms with Crippen LogP contribution in [-0.4, -0.2) is 44.1 Å². The molecule has 1 atom stereocenters. The number of urea groups is 1. The third-order valence-corrected chi connectivity index (χ3v) is 2.03. The fourth-order valence-corrected chi connectivity index (χ4v) is 1.30. The van der Waals surface area contributed by atoms with Crippen molar-refractivity contribution in [1.29, 1.82) is 0 Å². The van der Waals surface area contributed by atoms with Crippen LogP contribution >= 0.6 is 0 Å². The summed E-state index contributed by atoms with van der Waals surface area (Å²) in [6, 6.07) is -0.839. The van der Waals surface area contributed by atoms with Crippen molar-refractivity contribution in [3.8, 4) is 0 Å². The van der Waals surface area contributed by atoms with Crippen LogP contribution in [0, 0.1) is 5.92 Å². The van der Waals surface area contributed by atoms with Gasteiger partial charge < -0.3 is 15.0 Å². The molecule has 0 fully saturated rings. The molecule has 82 valence electrons. The number of rotatable bonds is 3. The first-order valence-corrected chi connectivity index (χ1v) is 4.48. The summed E-state index contributed by atoms with van der Waals surface area (Å²) in [7, 11) is 4.41. The Balaban J connectivity index is 4.65. The van der Waals surface area contributed by atoms with Crippen LogP contribution in [0.2, 0.25) is 0 Å². The number of amides is 2. The van der Waals surface area contributed by atoms with E-state index in [1.165, 1.54) is 19.1 Å². The van der Waals surface area contributed by atoms with Crippen molar-refractivity contribution in [2.75, 3.05) is 21.2 Å². The lowest BCUT2D eigenvalue weighted by atomic mass is 10.0. The Labute approximate surface area is 84.4 Å². The Bertz CT molecular complexity index is 216. The molecule has 0 heterocycles. The topological polar surface area (TPSA) is 58.6 Å². The molecule has 0 saturated heterocycles. The van der Waals surface area contributed by atoms with E-state index in [4.69, 9.17) is 0 Å². The lowest BCUT2D eigenvalue weighted by Gasteiger charge is -2.28.